The molecule has 0 aromatic carbocycles. The van der Waals surface area contributed by atoms with Crippen LogP contribution in [-0.4, -0.2) is 24.9 Å². The average Bonchev–Trinajstić information content (AvgIpc) is 2.27. The predicted octanol–water partition coefficient (Wildman–Crippen LogP) is 1.85. The number of carbonyl (C=O) groups excluding carboxylic acids is 2. The SMILES string of the molecule is CCCC(=O)NCCCCCNC(=O)C(C)C. The highest BCUT2D eigenvalue weighted by atomic mass is 16.2. The third kappa shape index (κ3) is 9.85. The van der Waals surface area contributed by atoms with Crippen molar-refractivity contribution in [3.8, 4) is 0 Å². The summed E-state index contributed by atoms with van der Waals surface area (Å²) in [4.78, 5) is 22.4. The lowest BCUT2D eigenvalue weighted by Gasteiger charge is -2.07. The molecule has 4 heteroatoms. The van der Waals surface area contributed by atoms with Crippen LogP contribution in [0.5, 0.6) is 0 Å². The fourth-order valence-electron chi connectivity index (χ4n) is 1.39. The molecular formula is C13H26N2O2. The summed E-state index contributed by atoms with van der Waals surface area (Å²) >= 11 is 0. The Hall–Kier alpha value is -1.06. The summed E-state index contributed by atoms with van der Waals surface area (Å²) in [5.41, 5.74) is 0. The van der Waals surface area contributed by atoms with Gasteiger partial charge in [0.15, 0.2) is 0 Å². The molecule has 0 rings (SSSR count). The van der Waals surface area contributed by atoms with Crippen molar-refractivity contribution in [1.82, 2.24) is 10.6 Å². The van der Waals surface area contributed by atoms with Gasteiger partial charge in [0, 0.05) is 25.4 Å². The van der Waals surface area contributed by atoms with Crippen molar-refractivity contribution in [3.63, 3.8) is 0 Å². The Labute approximate surface area is 105 Å². The van der Waals surface area contributed by atoms with E-state index in [1.807, 2.05) is 20.8 Å². The van der Waals surface area contributed by atoms with Crippen LogP contribution in [0.15, 0.2) is 0 Å². The lowest BCUT2D eigenvalue weighted by molar-refractivity contribution is -0.124. The lowest BCUT2D eigenvalue weighted by atomic mass is 10.2. The van der Waals surface area contributed by atoms with Crippen molar-refractivity contribution in [1.29, 1.82) is 0 Å². The average molecular weight is 242 g/mol. The van der Waals surface area contributed by atoms with Crippen LogP contribution in [-0.2, 0) is 9.59 Å². The van der Waals surface area contributed by atoms with Gasteiger partial charge >= 0.3 is 0 Å². The van der Waals surface area contributed by atoms with E-state index in [4.69, 9.17) is 0 Å². The first-order valence-electron chi connectivity index (χ1n) is 6.62. The van der Waals surface area contributed by atoms with Crippen LogP contribution >= 0.6 is 0 Å². The van der Waals surface area contributed by atoms with Gasteiger partial charge in [0.1, 0.15) is 0 Å². The molecule has 0 radical (unpaired) electrons. The highest BCUT2D eigenvalue weighted by Crippen LogP contribution is 1.95. The van der Waals surface area contributed by atoms with E-state index in [-0.39, 0.29) is 17.7 Å². The van der Waals surface area contributed by atoms with E-state index >= 15 is 0 Å². The molecule has 0 bridgehead atoms. The molecule has 4 nitrogen and oxygen atoms in total. The standard InChI is InChI=1S/C13H26N2O2/c1-4-8-12(16)14-9-6-5-7-10-15-13(17)11(2)3/h11H,4-10H2,1-3H3,(H,14,16)(H,15,17). The summed E-state index contributed by atoms with van der Waals surface area (Å²) < 4.78 is 0. The van der Waals surface area contributed by atoms with E-state index < -0.39 is 0 Å². The van der Waals surface area contributed by atoms with Crippen LogP contribution in [0.2, 0.25) is 0 Å². The molecule has 2 amide bonds. The number of nitrogens with one attached hydrogen (secondary N) is 2. The second kappa shape index (κ2) is 10.1. The van der Waals surface area contributed by atoms with Crippen molar-refractivity contribution < 1.29 is 9.59 Å². The topological polar surface area (TPSA) is 58.2 Å². The molecule has 0 aliphatic carbocycles. The molecular weight excluding hydrogens is 216 g/mol. The summed E-state index contributed by atoms with van der Waals surface area (Å²) in [6.45, 7) is 7.26. The van der Waals surface area contributed by atoms with Gasteiger partial charge in [-0.25, -0.2) is 0 Å². The predicted molar refractivity (Wildman–Crippen MR) is 69.6 cm³/mol. The van der Waals surface area contributed by atoms with Crippen molar-refractivity contribution in [3.05, 3.63) is 0 Å². The van der Waals surface area contributed by atoms with Gasteiger partial charge in [-0.3, -0.25) is 9.59 Å². The summed E-state index contributed by atoms with van der Waals surface area (Å²) in [5.74, 6) is 0.310. The fourth-order valence-corrected chi connectivity index (χ4v) is 1.39. The van der Waals surface area contributed by atoms with E-state index in [2.05, 4.69) is 10.6 Å². The second-order valence-electron chi connectivity index (χ2n) is 4.61. The number of rotatable bonds is 9. The maximum Gasteiger partial charge on any atom is 0.222 e. The molecule has 0 saturated heterocycles. The molecule has 0 atom stereocenters. The summed E-state index contributed by atoms with van der Waals surface area (Å²) in [6, 6.07) is 0. The summed E-state index contributed by atoms with van der Waals surface area (Å²) in [7, 11) is 0. The minimum absolute atomic E-state index is 0.0586. The van der Waals surface area contributed by atoms with Gasteiger partial charge in [-0.1, -0.05) is 20.8 Å². The highest BCUT2D eigenvalue weighted by Gasteiger charge is 2.04. The second-order valence-corrected chi connectivity index (χ2v) is 4.61. The van der Waals surface area contributed by atoms with Crippen LogP contribution in [0.1, 0.15) is 52.9 Å². The van der Waals surface area contributed by atoms with E-state index in [0.717, 1.165) is 38.8 Å². The summed E-state index contributed by atoms with van der Waals surface area (Å²) in [6.07, 6.45) is 4.50. The van der Waals surface area contributed by atoms with Gasteiger partial charge in [0.25, 0.3) is 0 Å². The number of unbranched alkanes of at least 4 members (excludes halogenated alkanes) is 2. The molecule has 100 valence electrons. The van der Waals surface area contributed by atoms with Gasteiger partial charge in [-0.15, -0.1) is 0 Å². The van der Waals surface area contributed by atoms with E-state index in [1.54, 1.807) is 0 Å². The number of hydrogen-bond donors (Lipinski definition) is 2. The largest absolute Gasteiger partial charge is 0.356 e. The van der Waals surface area contributed by atoms with Crippen LogP contribution in [0, 0.1) is 5.92 Å². The van der Waals surface area contributed by atoms with Gasteiger partial charge < -0.3 is 10.6 Å². The Balaban J connectivity index is 3.24. The Kier molecular flexibility index (Phi) is 9.49. The van der Waals surface area contributed by atoms with Gasteiger partial charge in [0.2, 0.25) is 11.8 Å². The van der Waals surface area contributed by atoms with Gasteiger partial charge in [-0.05, 0) is 25.7 Å². The highest BCUT2D eigenvalue weighted by molar-refractivity contribution is 5.77. The third-order valence-electron chi connectivity index (χ3n) is 2.48. The first kappa shape index (κ1) is 15.9. The maximum absolute atomic E-state index is 11.2. The molecule has 0 aromatic rings. The molecule has 0 saturated carbocycles. The van der Waals surface area contributed by atoms with Crippen LogP contribution in [0.4, 0.5) is 0 Å². The molecule has 2 N–H and O–H groups in total. The quantitative estimate of drug-likeness (QED) is 0.606. The van der Waals surface area contributed by atoms with Crippen molar-refractivity contribution in [2.24, 2.45) is 5.92 Å². The minimum Gasteiger partial charge on any atom is -0.356 e. The van der Waals surface area contributed by atoms with E-state index in [9.17, 15) is 9.59 Å². The summed E-state index contributed by atoms with van der Waals surface area (Å²) in [5, 5.41) is 5.75. The lowest BCUT2D eigenvalue weighted by Crippen LogP contribution is -2.28. The molecule has 0 spiro atoms. The molecule has 17 heavy (non-hydrogen) atoms. The van der Waals surface area contributed by atoms with E-state index in [1.165, 1.54) is 0 Å². The molecule has 0 fully saturated rings. The fraction of sp³-hybridized carbons (Fsp3) is 0.846. The van der Waals surface area contributed by atoms with E-state index in [0.29, 0.717) is 6.42 Å². The van der Waals surface area contributed by atoms with Crippen LogP contribution in [0.25, 0.3) is 0 Å². The smallest absolute Gasteiger partial charge is 0.222 e. The zero-order valence-corrected chi connectivity index (χ0v) is 11.3. The number of carbonyl (C=O) groups is 2. The van der Waals surface area contributed by atoms with Crippen molar-refractivity contribution >= 4 is 11.8 Å². The molecule has 0 aliphatic heterocycles. The minimum atomic E-state index is 0.0586. The Bertz CT molecular complexity index is 227. The van der Waals surface area contributed by atoms with Crippen LogP contribution in [0.3, 0.4) is 0 Å². The maximum atomic E-state index is 11.2. The zero-order valence-electron chi connectivity index (χ0n) is 11.3. The van der Waals surface area contributed by atoms with Crippen molar-refractivity contribution in [2.45, 2.75) is 52.9 Å². The number of amides is 2. The zero-order chi connectivity index (χ0) is 13.1. The molecule has 0 aliphatic rings. The molecule has 0 unspecified atom stereocenters. The Morgan fingerprint density at radius 3 is 2.12 bits per heavy atom. The van der Waals surface area contributed by atoms with Gasteiger partial charge in [-0.2, -0.15) is 0 Å². The van der Waals surface area contributed by atoms with Crippen LogP contribution < -0.4 is 10.6 Å². The first-order chi connectivity index (χ1) is 8.07. The van der Waals surface area contributed by atoms with Crippen molar-refractivity contribution in [2.75, 3.05) is 13.1 Å². The first-order valence-corrected chi connectivity index (χ1v) is 6.62. The Morgan fingerprint density at radius 2 is 1.59 bits per heavy atom. The number of hydrogen-bond acceptors (Lipinski definition) is 2. The molecule has 0 aromatic heterocycles. The molecule has 0 heterocycles. The Morgan fingerprint density at radius 1 is 1.00 bits per heavy atom. The normalized spacial score (nSPS) is 10.4. The third-order valence-corrected chi connectivity index (χ3v) is 2.48. The monoisotopic (exact) mass is 242 g/mol. The van der Waals surface area contributed by atoms with Gasteiger partial charge in [0.05, 0.1) is 0 Å².